The third-order valence-electron chi connectivity index (χ3n) is 11.1. The van der Waals surface area contributed by atoms with Gasteiger partial charge < -0.3 is 19.7 Å². The van der Waals surface area contributed by atoms with Crippen molar-refractivity contribution < 1.29 is 66.0 Å². The molecule has 1 saturated heterocycles. The molecule has 4 heterocycles. The van der Waals surface area contributed by atoms with Gasteiger partial charge in [0.1, 0.15) is 34.5 Å². The molecule has 2 amide bonds. The average Bonchev–Trinajstić information content (AvgIpc) is 3.81. The standard InChI is InChI=1S/C25H16F2N2O4.C16H14FNO4.C11H10FNO2/c26-16-5-1-13(2-6-16)9-15-10-18-21(28-11-15)23(31)20-19(22(18)30)24(32)29(25(20)33)12-14-3-7-17(27)8-4-14;1-21-15(19)13-8-11(9-18-14(13)16(20)22-2)7-10-3-5-12(17)6-4-10;12-9-3-1-8(2-4-9)7-13-10(14)5-6-11(13)15/h1-8,10-11,32-33H,9,12H2;3-6,8-9H,7H2,1-2H3;1-4H,5-7H2. The topological polar surface area (TPSA) is 195 Å². The van der Waals surface area contributed by atoms with Crippen LogP contribution in [-0.4, -0.2) is 79.2 Å². The first kappa shape index (κ1) is 49.1. The molecule has 7 aromatic rings. The zero-order valence-electron chi connectivity index (χ0n) is 37.3. The lowest BCUT2D eigenvalue weighted by atomic mass is 9.88. The van der Waals surface area contributed by atoms with Crippen LogP contribution in [0.2, 0.25) is 0 Å². The number of imide groups is 1. The van der Waals surface area contributed by atoms with Crippen LogP contribution < -0.4 is 0 Å². The van der Waals surface area contributed by atoms with Gasteiger partial charge in [-0.25, -0.2) is 32.1 Å². The molecule has 70 heavy (non-hydrogen) atoms. The third kappa shape index (κ3) is 11.1. The van der Waals surface area contributed by atoms with E-state index in [0.29, 0.717) is 42.4 Å². The lowest BCUT2D eigenvalue weighted by Gasteiger charge is -2.14. The summed E-state index contributed by atoms with van der Waals surface area (Å²) in [6, 6.07) is 26.1. The maximum absolute atomic E-state index is 13.2. The number of amides is 2. The van der Waals surface area contributed by atoms with Crippen molar-refractivity contribution >= 4 is 35.3 Å². The maximum Gasteiger partial charge on any atom is 0.357 e. The number of pyridine rings is 2. The van der Waals surface area contributed by atoms with E-state index in [0.717, 1.165) is 21.3 Å². The molecule has 4 aromatic carbocycles. The van der Waals surface area contributed by atoms with E-state index in [9.17, 15) is 56.5 Å². The lowest BCUT2D eigenvalue weighted by molar-refractivity contribution is -0.139. The number of esters is 2. The Balaban J connectivity index is 0.000000168. The molecular formula is C52H40F4N4O10. The highest BCUT2D eigenvalue weighted by atomic mass is 19.1. The number of likely N-dealkylation sites (tertiary alicyclic amines) is 1. The van der Waals surface area contributed by atoms with Crippen LogP contribution in [0.15, 0.2) is 122 Å². The first-order valence-corrected chi connectivity index (χ1v) is 21.2. The first-order chi connectivity index (χ1) is 33.5. The van der Waals surface area contributed by atoms with Crippen LogP contribution in [0.1, 0.15) is 99.0 Å². The summed E-state index contributed by atoms with van der Waals surface area (Å²) in [4.78, 5) is 81.6. The highest BCUT2D eigenvalue weighted by Gasteiger charge is 2.40. The van der Waals surface area contributed by atoms with Gasteiger partial charge in [0.05, 0.1) is 44.0 Å². The fourth-order valence-corrected chi connectivity index (χ4v) is 7.54. The van der Waals surface area contributed by atoms with Gasteiger partial charge in [-0.2, -0.15) is 0 Å². The number of ether oxygens (including phenoxy) is 2. The van der Waals surface area contributed by atoms with Crippen LogP contribution in [0.3, 0.4) is 0 Å². The maximum atomic E-state index is 13.2. The number of fused-ring (bicyclic) bond motifs is 2. The highest BCUT2D eigenvalue weighted by molar-refractivity contribution is 6.29. The molecular weight excluding hydrogens is 917 g/mol. The van der Waals surface area contributed by atoms with E-state index in [4.69, 9.17) is 0 Å². The number of nitrogens with zero attached hydrogens (tertiary/aromatic N) is 4. The Labute approximate surface area is 396 Å². The summed E-state index contributed by atoms with van der Waals surface area (Å²) in [6.45, 7) is 0.170. The highest BCUT2D eigenvalue weighted by Crippen LogP contribution is 2.41. The van der Waals surface area contributed by atoms with Gasteiger partial charge in [0.25, 0.3) is 0 Å². The van der Waals surface area contributed by atoms with Gasteiger partial charge in [-0.15, -0.1) is 0 Å². The summed E-state index contributed by atoms with van der Waals surface area (Å²) < 4.78 is 62.1. The quantitative estimate of drug-likeness (QED) is 0.0767. The predicted molar refractivity (Wildman–Crippen MR) is 241 cm³/mol. The number of halogens is 4. The van der Waals surface area contributed by atoms with Crippen molar-refractivity contribution in [2.45, 2.75) is 38.8 Å². The molecule has 0 spiro atoms. The van der Waals surface area contributed by atoms with Crippen LogP contribution in [0.5, 0.6) is 11.8 Å². The molecule has 0 atom stereocenters. The van der Waals surface area contributed by atoms with Crippen molar-refractivity contribution in [2.75, 3.05) is 14.2 Å². The van der Waals surface area contributed by atoms with E-state index < -0.39 is 41.1 Å². The summed E-state index contributed by atoms with van der Waals surface area (Å²) in [5.74, 6) is -5.57. The molecule has 14 nitrogen and oxygen atoms in total. The summed E-state index contributed by atoms with van der Waals surface area (Å²) >= 11 is 0. The van der Waals surface area contributed by atoms with Crippen LogP contribution in [0.25, 0.3) is 0 Å². The van der Waals surface area contributed by atoms with Crippen molar-refractivity contribution in [1.29, 1.82) is 0 Å². The van der Waals surface area contributed by atoms with Crippen LogP contribution in [-0.2, 0) is 45.0 Å². The third-order valence-corrected chi connectivity index (χ3v) is 11.1. The molecule has 0 bridgehead atoms. The number of aromatic nitrogens is 3. The van der Waals surface area contributed by atoms with Gasteiger partial charge in [-0.1, -0.05) is 48.5 Å². The Morgan fingerprint density at radius 1 is 0.543 bits per heavy atom. The van der Waals surface area contributed by atoms with E-state index in [1.165, 1.54) is 104 Å². The van der Waals surface area contributed by atoms with Crippen molar-refractivity contribution in [1.82, 2.24) is 19.4 Å². The van der Waals surface area contributed by atoms with Crippen LogP contribution >= 0.6 is 0 Å². The largest absolute Gasteiger partial charge is 0.494 e. The fraction of sp³-hybridized carbons (Fsp3) is 0.154. The van der Waals surface area contributed by atoms with Gasteiger partial charge in [0.2, 0.25) is 35.1 Å². The number of carbonyl (C=O) groups is 6. The number of rotatable bonds is 10. The molecule has 0 radical (unpaired) electrons. The first-order valence-electron chi connectivity index (χ1n) is 21.2. The van der Waals surface area contributed by atoms with Gasteiger partial charge >= 0.3 is 11.9 Å². The molecule has 2 N–H and O–H groups in total. The molecule has 356 valence electrons. The Morgan fingerprint density at radius 2 is 0.957 bits per heavy atom. The van der Waals surface area contributed by atoms with Gasteiger partial charge in [0.15, 0.2) is 5.69 Å². The Morgan fingerprint density at radius 3 is 1.43 bits per heavy atom. The predicted octanol–water partition coefficient (Wildman–Crippen LogP) is 7.85. The Bertz CT molecular complexity index is 3120. The van der Waals surface area contributed by atoms with E-state index in [-0.39, 0.29) is 76.0 Å². The van der Waals surface area contributed by atoms with E-state index in [2.05, 4.69) is 19.4 Å². The SMILES string of the molecule is COC(=O)c1cc(Cc2ccc(F)cc2)cnc1C(=O)OC.O=C1CCC(=O)N1Cc1ccc(F)cc1.O=C1c2cc(Cc3ccc(F)cc3)cnc2C(=O)c2c1c(O)n(Cc1ccc(F)cc1)c2O. The molecule has 0 saturated carbocycles. The number of ketones is 2. The zero-order valence-corrected chi connectivity index (χ0v) is 37.3. The molecule has 3 aromatic heterocycles. The second kappa shape index (κ2) is 21.4. The molecule has 2 aliphatic rings. The number of hydrogen-bond acceptors (Lipinski definition) is 12. The summed E-state index contributed by atoms with van der Waals surface area (Å²) in [6.07, 6.45) is 4.31. The normalized spacial score (nSPS) is 12.6. The monoisotopic (exact) mass is 956 g/mol. The summed E-state index contributed by atoms with van der Waals surface area (Å²) in [5, 5.41) is 21.4. The molecule has 9 rings (SSSR count). The number of methoxy groups -OCH3 is 2. The summed E-state index contributed by atoms with van der Waals surface area (Å²) in [5.41, 5.74) is 3.49. The van der Waals surface area contributed by atoms with Gasteiger partial charge in [-0.05, 0) is 107 Å². The average molecular weight is 957 g/mol. The van der Waals surface area contributed by atoms with Crippen LogP contribution in [0.4, 0.5) is 17.6 Å². The van der Waals surface area contributed by atoms with Crippen molar-refractivity contribution in [3.8, 4) is 11.8 Å². The van der Waals surface area contributed by atoms with E-state index in [1.807, 2.05) is 0 Å². The number of aromatic hydroxyl groups is 2. The van der Waals surface area contributed by atoms with E-state index >= 15 is 0 Å². The smallest absolute Gasteiger partial charge is 0.357 e. The second-order valence-electron chi connectivity index (χ2n) is 15.8. The number of benzene rings is 4. The minimum Gasteiger partial charge on any atom is -0.494 e. The summed E-state index contributed by atoms with van der Waals surface area (Å²) in [7, 11) is 2.42. The number of hydrogen-bond donors (Lipinski definition) is 2. The van der Waals surface area contributed by atoms with Crippen molar-refractivity contribution in [2.24, 2.45) is 0 Å². The minimum absolute atomic E-state index is 0.0151. The molecule has 18 heteroatoms. The minimum atomic E-state index is -0.714. The Kier molecular flexibility index (Phi) is 15.0. The lowest BCUT2D eigenvalue weighted by Crippen LogP contribution is -2.28. The van der Waals surface area contributed by atoms with Crippen LogP contribution in [0, 0.1) is 23.3 Å². The van der Waals surface area contributed by atoms with Crippen molar-refractivity contribution in [3.63, 3.8) is 0 Å². The Hall–Kier alpha value is -8.80. The second-order valence-corrected chi connectivity index (χ2v) is 15.8. The van der Waals surface area contributed by atoms with Gasteiger partial charge in [0, 0.05) is 25.2 Å². The van der Waals surface area contributed by atoms with Gasteiger partial charge in [-0.3, -0.25) is 33.6 Å². The zero-order chi connectivity index (χ0) is 50.2. The van der Waals surface area contributed by atoms with E-state index in [1.54, 1.807) is 36.4 Å². The number of carbonyl (C=O) groups excluding carboxylic acids is 6. The molecule has 1 fully saturated rings. The molecule has 0 unspecified atom stereocenters. The fourth-order valence-electron chi connectivity index (χ4n) is 7.54. The molecule has 1 aliphatic carbocycles. The van der Waals surface area contributed by atoms with Crippen molar-refractivity contribution in [3.05, 3.63) is 212 Å². The molecule has 1 aliphatic heterocycles.